The molecular weight excluding hydrogens is 1120 g/mol. The fourth-order valence-electron chi connectivity index (χ4n) is 15.2. The zero-order chi connectivity index (χ0) is 56.8. The molecule has 0 atom stereocenters. The average molecular weight is 1180 g/mol. The maximum Gasteiger partial charge on any atom is 0.0467 e. The number of fused-ring (bicyclic) bond motifs is 14. The Morgan fingerprint density at radius 2 is 0.583 bits per heavy atom. The van der Waals surface area contributed by atoms with Crippen LogP contribution in [0, 0.1) is 0 Å². The first kappa shape index (κ1) is 59.0. The molecule has 16 rings (SSSR count). The van der Waals surface area contributed by atoms with Crippen molar-refractivity contribution in [2.24, 2.45) is 0 Å². The van der Waals surface area contributed by atoms with Gasteiger partial charge in [0.2, 0.25) is 0 Å². The van der Waals surface area contributed by atoms with E-state index in [1.54, 1.807) is 0 Å². The fourth-order valence-corrected chi connectivity index (χ4v) is 15.2. The van der Waals surface area contributed by atoms with Gasteiger partial charge >= 0.3 is 126 Å². The molecule has 0 amide bonds. The number of anilines is 6. The second kappa shape index (κ2) is 26.0. The zero-order valence-electron chi connectivity index (χ0n) is 49.0. The van der Waals surface area contributed by atoms with Crippen LogP contribution in [0.5, 0.6) is 0 Å². The van der Waals surface area contributed by atoms with Gasteiger partial charge in [0.15, 0.2) is 0 Å². The summed E-state index contributed by atoms with van der Waals surface area (Å²) in [5.74, 6) is 0. The Morgan fingerprint density at radius 1 is 0.250 bits per heavy atom. The molecule has 0 aromatic heterocycles. The molecule has 0 unspecified atom stereocenters. The Morgan fingerprint density at radius 3 is 0.988 bits per heavy atom. The second-order valence-electron chi connectivity index (χ2n) is 23.1. The van der Waals surface area contributed by atoms with Gasteiger partial charge in [-0.3, -0.25) is 0 Å². The topological polar surface area (TPSA) is 6.48 Å². The number of hydrogen-bond donors (Lipinski definition) is 0. The molecule has 0 saturated heterocycles. The summed E-state index contributed by atoms with van der Waals surface area (Å²) in [5.41, 5.74) is 25.8. The Balaban J connectivity index is 0.00000154. The van der Waals surface area contributed by atoms with E-state index in [4.69, 9.17) is 0 Å². The first-order chi connectivity index (χ1) is 41.6. The van der Waals surface area contributed by atoms with Crippen molar-refractivity contribution >= 4 is 182 Å². The van der Waals surface area contributed by atoms with E-state index >= 15 is 0 Å². The Labute approximate surface area is 586 Å². The molecule has 2 nitrogen and oxygen atoms in total. The van der Waals surface area contributed by atoms with Crippen molar-refractivity contribution in [2.75, 3.05) is 9.80 Å². The fraction of sp³-hybridized carbons (Fsp3) is 0.128. The van der Waals surface area contributed by atoms with Crippen molar-refractivity contribution in [1.82, 2.24) is 0 Å². The minimum Gasteiger partial charge on any atom is -0.310 e. The molecule has 2 fully saturated rings. The van der Waals surface area contributed by atoms with Crippen molar-refractivity contribution in [3.63, 3.8) is 0 Å². The molecule has 0 bridgehead atoms. The third-order valence-corrected chi connectivity index (χ3v) is 18.9. The van der Waals surface area contributed by atoms with E-state index < -0.39 is 0 Å². The van der Waals surface area contributed by atoms with E-state index in [1.807, 2.05) is 0 Å². The van der Waals surface area contributed by atoms with Crippen LogP contribution in [0.4, 0.5) is 34.1 Å². The summed E-state index contributed by atoms with van der Waals surface area (Å²) >= 11 is 5.00. The molecule has 2 saturated carbocycles. The smallest absolute Gasteiger partial charge is 0.0467 e. The Kier molecular flexibility index (Phi) is 18.3. The van der Waals surface area contributed by atoms with Gasteiger partial charge < -0.3 is 9.80 Å². The zero-order valence-corrected chi connectivity index (χ0v) is 61.4. The molecule has 6 heteroatoms. The van der Waals surface area contributed by atoms with Gasteiger partial charge in [-0.2, -0.15) is 0 Å². The van der Waals surface area contributed by atoms with Crippen LogP contribution in [-0.2, 0) is 10.8 Å². The first-order valence-electron chi connectivity index (χ1n) is 31.1. The van der Waals surface area contributed by atoms with Crippen molar-refractivity contribution in [3.8, 4) is 55.6 Å². The van der Waals surface area contributed by atoms with E-state index in [1.165, 1.54) is 288 Å². The van der Waals surface area contributed by atoms with Gasteiger partial charge in [-0.25, -0.2) is 0 Å². The van der Waals surface area contributed by atoms with Crippen molar-refractivity contribution < 1.29 is 0 Å². The van der Waals surface area contributed by atoms with Crippen LogP contribution in [0.3, 0.4) is 0 Å². The van der Waals surface area contributed by atoms with Gasteiger partial charge in [0.1, 0.15) is 0 Å². The summed E-state index contributed by atoms with van der Waals surface area (Å²) in [5, 5.41) is 5.36. The predicted octanol–water partition coefficient (Wildman–Crippen LogP) is 20.1. The summed E-state index contributed by atoms with van der Waals surface area (Å²) in [4.78, 5) is 4.97. The number of rotatable bonds is 9. The predicted molar refractivity (Wildman–Crippen MR) is 360 cm³/mol. The van der Waals surface area contributed by atoms with E-state index in [-0.39, 0.29) is 10.8 Å². The van der Waals surface area contributed by atoms with Crippen molar-refractivity contribution in [3.05, 3.63) is 289 Å². The SMILES string of the molecule is [K][K].[K][K].c1ccc(-c2cccc(N(c3ccc(-c4ccc(N(c5cccc(-c6ccccc6)c5)c5ccc6c(c5)C5(CCCC5)c5ccc7ccccc7c5-6)cc4)cc3)c3ccc4c(c3)C3(CCCC3)c3ccc5ccccc5c3-4)c2)cc1. The number of nitrogens with zero attached hydrogens (tertiary/aromatic N) is 2. The molecule has 0 radical (unpaired) electrons. The third-order valence-electron chi connectivity index (χ3n) is 18.9. The molecule has 4 aliphatic rings. The van der Waals surface area contributed by atoms with Gasteiger partial charge in [-0.1, -0.05) is 220 Å². The summed E-state index contributed by atoms with van der Waals surface area (Å²) in [6, 6.07) is 101. The Bertz CT molecular complexity index is 4090. The van der Waals surface area contributed by atoms with E-state index in [2.05, 4.69) is 277 Å². The van der Waals surface area contributed by atoms with Crippen LogP contribution in [0.25, 0.3) is 77.2 Å². The van der Waals surface area contributed by atoms with Crippen LogP contribution in [0.2, 0.25) is 0 Å². The van der Waals surface area contributed by atoms with Gasteiger partial charge in [0.05, 0.1) is 0 Å². The van der Waals surface area contributed by atoms with Crippen LogP contribution in [-0.4, -0.2) is 126 Å². The molecule has 0 heterocycles. The largest absolute Gasteiger partial charge is 0.310 e. The summed E-state index contributed by atoms with van der Waals surface area (Å²) in [6.07, 6.45) is 9.75. The second-order valence-corrected chi connectivity index (χ2v) is 23.1. The van der Waals surface area contributed by atoms with Gasteiger partial charge in [0, 0.05) is 45.0 Å². The van der Waals surface area contributed by atoms with Gasteiger partial charge in [-0.15, -0.1) is 0 Å². The molecule has 2 spiro atoms. The van der Waals surface area contributed by atoms with Crippen LogP contribution < -0.4 is 9.80 Å². The molecule has 12 aromatic carbocycles. The molecular formula is C78H60K4N2. The number of hydrogen-bond acceptors (Lipinski definition) is 2. The molecule has 386 valence electrons. The summed E-state index contributed by atoms with van der Waals surface area (Å²) in [7, 11) is 0. The summed E-state index contributed by atoms with van der Waals surface area (Å²) in [6.45, 7) is 0. The van der Waals surface area contributed by atoms with Crippen molar-refractivity contribution in [1.29, 1.82) is 0 Å². The molecule has 0 N–H and O–H groups in total. The van der Waals surface area contributed by atoms with Gasteiger partial charge in [0.25, 0.3) is 0 Å². The van der Waals surface area contributed by atoms with E-state index in [0.29, 0.717) is 0 Å². The number of benzene rings is 12. The Hall–Kier alpha value is -2.69. The molecule has 84 heavy (non-hydrogen) atoms. The molecule has 0 aliphatic heterocycles. The molecule has 12 aromatic rings. The van der Waals surface area contributed by atoms with E-state index in [0.717, 1.165) is 22.7 Å². The van der Waals surface area contributed by atoms with E-state index in [9.17, 15) is 0 Å². The third kappa shape index (κ3) is 10.7. The van der Waals surface area contributed by atoms with Crippen LogP contribution in [0.1, 0.15) is 73.6 Å². The minimum atomic E-state index is 0.0262. The quantitative estimate of drug-likeness (QED) is 0.133. The maximum atomic E-state index is 2.55. The van der Waals surface area contributed by atoms with Gasteiger partial charge in [-0.05, 0) is 198 Å². The van der Waals surface area contributed by atoms with Crippen LogP contribution >= 0.6 is 0 Å². The first-order valence-corrected chi connectivity index (χ1v) is 63.1. The average Bonchev–Trinajstić information content (AvgIpc) is 2.36. The molecule has 4 aliphatic carbocycles. The monoisotopic (exact) mass is 1180 g/mol. The normalized spacial score (nSPS) is 14.5. The maximum absolute atomic E-state index is 2.55. The van der Waals surface area contributed by atoms with Crippen molar-refractivity contribution in [2.45, 2.75) is 62.2 Å². The minimum absolute atomic E-state index is 0.0262. The van der Waals surface area contributed by atoms with Crippen LogP contribution in [0.15, 0.2) is 267 Å². The standard InChI is InChI=1S/C78H60N2.4K/c1-3-17-53(18-4-1)59-23-15-25-63(49-59)79(65-39-41-69-73(51-65)77(45-11-12-46-77)71-43-33-57-21-7-9-27-67(57)75(69)71)61-35-29-55(30-36-61)56-31-37-62(38-32-56)80(64-26-16-24-60(50-64)54-19-5-2-6-20-54)66-40-42-70-74(52-66)78(47-13-14-48-78)72-44-34-58-22-8-10-28-68(58)76(70)72;;;;/h1-10,15-44,49-52H,11-14,45-48H2;;;;. The summed E-state index contributed by atoms with van der Waals surface area (Å²) < 4.78 is 0.